The van der Waals surface area contributed by atoms with E-state index in [1.165, 1.54) is 0 Å². The monoisotopic (exact) mass is 332 g/mol. The number of ether oxygens (including phenoxy) is 2. The van der Waals surface area contributed by atoms with Crippen molar-refractivity contribution in [3.63, 3.8) is 0 Å². The molecule has 0 spiro atoms. The summed E-state index contributed by atoms with van der Waals surface area (Å²) in [5, 5.41) is 6.09. The van der Waals surface area contributed by atoms with Crippen LogP contribution in [0.4, 0.5) is 0 Å². The Morgan fingerprint density at radius 3 is 2.67 bits per heavy atom. The maximum atomic E-state index is 11.7. The molecule has 6 heteroatoms. The molecule has 0 saturated carbocycles. The molecule has 1 amide bonds. The van der Waals surface area contributed by atoms with Gasteiger partial charge in [0.2, 0.25) is 5.91 Å². The molecule has 0 aliphatic rings. The van der Waals surface area contributed by atoms with Gasteiger partial charge in [0.05, 0.1) is 27.0 Å². The van der Waals surface area contributed by atoms with E-state index in [0.717, 1.165) is 35.8 Å². The second-order valence-corrected chi connectivity index (χ2v) is 5.30. The third-order valence-corrected chi connectivity index (χ3v) is 3.61. The third kappa shape index (κ3) is 5.62. The van der Waals surface area contributed by atoms with Gasteiger partial charge in [0, 0.05) is 13.0 Å². The highest BCUT2D eigenvalue weighted by molar-refractivity contribution is 5.75. The number of methoxy groups -OCH3 is 2. The lowest BCUT2D eigenvalue weighted by Crippen LogP contribution is -2.28. The fourth-order valence-corrected chi connectivity index (χ4v) is 2.28. The number of benzene rings is 1. The van der Waals surface area contributed by atoms with Crippen LogP contribution in [0.5, 0.6) is 11.5 Å². The maximum Gasteiger partial charge on any atom is 0.221 e. The quantitative estimate of drug-likeness (QED) is 0.652. The van der Waals surface area contributed by atoms with Crippen molar-refractivity contribution < 1.29 is 18.7 Å². The first-order chi connectivity index (χ1) is 11.7. The molecule has 0 unspecified atom stereocenters. The summed E-state index contributed by atoms with van der Waals surface area (Å²) in [4.78, 5) is 11.7. The van der Waals surface area contributed by atoms with Crippen LogP contribution in [-0.2, 0) is 17.8 Å². The molecule has 0 fully saturated rings. The Morgan fingerprint density at radius 1 is 1.12 bits per heavy atom. The second kappa shape index (κ2) is 9.62. The van der Waals surface area contributed by atoms with Gasteiger partial charge in [-0.05, 0) is 42.8 Å². The van der Waals surface area contributed by atoms with E-state index in [2.05, 4.69) is 10.6 Å². The zero-order chi connectivity index (χ0) is 17.2. The number of carbonyl (C=O) groups excluding carboxylic acids is 1. The molecular weight excluding hydrogens is 308 g/mol. The van der Waals surface area contributed by atoms with Gasteiger partial charge in [0.15, 0.2) is 11.5 Å². The number of furan rings is 1. The largest absolute Gasteiger partial charge is 0.493 e. The van der Waals surface area contributed by atoms with Gasteiger partial charge in [-0.3, -0.25) is 4.79 Å². The molecule has 0 bridgehead atoms. The molecule has 0 aliphatic heterocycles. The van der Waals surface area contributed by atoms with Gasteiger partial charge in [-0.15, -0.1) is 0 Å². The van der Waals surface area contributed by atoms with Gasteiger partial charge < -0.3 is 24.5 Å². The Morgan fingerprint density at radius 2 is 1.96 bits per heavy atom. The van der Waals surface area contributed by atoms with E-state index < -0.39 is 0 Å². The van der Waals surface area contributed by atoms with Gasteiger partial charge in [-0.2, -0.15) is 0 Å². The summed E-state index contributed by atoms with van der Waals surface area (Å²) in [6.07, 6.45) is 2.89. The molecule has 0 aliphatic carbocycles. The summed E-state index contributed by atoms with van der Waals surface area (Å²) in [5.74, 6) is 2.21. The number of hydrogen-bond donors (Lipinski definition) is 2. The third-order valence-electron chi connectivity index (χ3n) is 3.61. The number of carbonyl (C=O) groups is 1. The highest BCUT2D eigenvalue weighted by Gasteiger charge is 2.05. The van der Waals surface area contributed by atoms with Crippen LogP contribution in [-0.4, -0.2) is 33.2 Å². The predicted octanol–water partition coefficient (Wildman–Crippen LogP) is 2.14. The number of nitrogens with one attached hydrogen (secondary N) is 2. The molecule has 24 heavy (non-hydrogen) atoms. The van der Waals surface area contributed by atoms with Gasteiger partial charge in [-0.1, -0.05) is 6.07 Å². The summed E-state index contributed by atoms with van der Waals surface area (Å²) in [6, 6.07) is 9.52. The molecule has 130 valence electrons. The molecule has 2 aromatic rings. The Labute approximate surface area is 142 Å². The molecule has 6 nitrogen and oxygen atoms in total. The highest BCUT2D eigenvalue weighted by Crippen LogP contribution is 2.27. The van der Waals surface area contributed by atoms with E-state index in [0.29, 0.717) is 19.5 Å². The van der Waals surface area contributed by atoms with Crippen LogP contribution in [0.1, 0.15) is 17.7 Å². The van der Waals surface area contributed by atoms with Crippen LogP contribution in [0.2, 0.25) is 0 Å². The summed E-state index contributed by atoms with van der Waals surface area (Å²) in [6.45, 7) is 1.86. The van der Waals surface area contributed by atoms with Crippen LogP contribution in [0.25, 0.3) is 0 Å². The fraction of sp³-hybridized carbons (Fsp3) is 0.389. The second-order valence-electron chi connectivity index (χ2n) is 5.30. The number of rotatable bonds is 10. The average Bonchev–Trinajstić information content (AvgIpc) is 3.13. The summed E-state index contributed by atoms with van der Waals surface area (Å²) in [5.41, 5.74) is 1.16. The van der Waals surface area contributed by atoms with Crippen molar-refractivity contribution >= 4 is 5.91 Å². The van der Waals surface area contributed by atoms with E-state index in [4.69, 9.17) is 13.9 Å². The zero-order valence-electron chi connectivity index (χ0n) is 14.1. The molecule has 1 heterocycles. The van der Waals surface area contributed by atoms with E-state index >= 15 is 0 Å². The fourth-order valence-electron chi connectivity index (χ4n) is 2.28. The van der Waals surface area contributed by atoms with Crippen LogP contribution in [0.15, 0.2) is 41.0 Å². The first-order valence-electron chi connectivity index (χ1n) is 7.93. The molecule has 0 radical (unpaired) electrons. The van der Waals surface area contributed by atoms with E-state index in [9.17, 15) is 4.79 Å². The molecule has 2 rings (SSSR count). The SMILES string of the molecule is COc1ccc(CCNCCC(=O)NCc2ccco2)cc1OC. The molecule has 1 aromatic heterocycles. The minimum Gasteiger partial charge on any atom is -0.493 e. The standard InChI is InChI=1S/C18H24N2O4/c1-22-16-6-5-14(12-17(16)23-2)7-9-19-10-8-18(21)20-13-15-4-3-11-24-15/h3-6,11-12,19H,7-10,13H2,1-2H3,(H,20,21). The molecule has 0 atom stereocenters. The molecule has 0 saturated heterocycles. The Kier molecular flexibility index (Phi) is 7.17. The maximum absolute atomic E-state index is 11.7. The topological polar surface area (TPSA) is 72.7 Å². The van der Waals surface area contributed by atoms with Crippen molar-refractivity contribution in [1.82, 2.24) is 10.6 Å². The summed E-state index contributed by atoms with van der Waals surface area (Å²) in [7, 11) is 3.25. The van der Waals surface area contributed by atoms with Crippen LogP contribution in [0.3, 0.4) is 0 Å². The van der Waals surface area contributed by atoms with E-state index in [-0.39, 0.29) is 5.91 Å². The molecule has 1 aromatic carbocycles. The number of hydrogen-bond acceptors (Lipinski definition) is 5. The van der Waals surface area contributed by atoms with Crippen LogP contribution in [0, 0.1) is 0 Å². The van der Waals surface area contributed by atoms with Gasteiger partial charge in [-0.25, -0.2) is 0 Å². The lowest BCUT2D eigenvalue weighted by Gasteiger charge is -2.10. The minimum atomic E-state index is 0.00465. The van der Waals surface area contributed by atoms with E-state index in [1.54, 1.807) is 26.5 Å². The van der Waals surface area contributed by atoms with Crippen molar-refractivity contribution in [2.75, 3.05) is 27.3 Å². The van der Waals surface area contributed by atoms with Crippen LogP contribution < -0.4 is 20.1 Å². The van der Waals surface area contributed by atoms with Crippen LogP contribution >= 0.6 is 0 Å². The zero-order valence-corrected chi connectivity index (χ0v) is 14.1. The van der Waals surface area contributed by atoms with Gasteiger partial charge in [0.1, 0.15) is 5.76 Å². The van der Waals surface area contributed by atoms with Crippen molar-refractivity contribution in [1.29, 1.82) is 0 Å². The summed E-state index contributed by atoms with van der Waals surface area (Å²) >= 11 is 0. The Hall–Kier alpha value is -2.47. The Balaban J connectivity index is 1.61. The predicted molar refractivity (Wildman–Crippen MR) is 91.3 cm³/mol. The lowest BCUT2D eigenvalue weighted by molar-refractivity contribution is -0.121. The van der Waals surface area contributed by atoms with Crippen molar-refractivity contribution in [3.8, 4) is 11.5 Å². The summed E-state index contributed by atoms with van der Waals surface area (Å²) < 4.78 is 15.7. The normalized spacial score (nSPS) is 10.4. The smallest absolute Gasteiger partial charge is 0.221 e. The van der Waals surface area contributed by atoms with E-state index in [1.807, 2.05) is 24.3 Å². The van der Waals surface area contributed by atoms with Gasteiger partial charge in [0.25, 0.3) is 0 Å². The molecule has 2 N–H and O–H groups in total. The van der Waals surface area contributed by atoms with Crippen molar-refractivity contribution in [2.24, 2.45) is 0 Å². The molecular formula is C18H24N2O4. The Bertz CT molecular complexity index is 626. The minimum absolute atomic E-state index is 0.00465. The van der Waals surface area contributed by atoms with Crippen molar-refractivity contribution in [2.45, 2.75) is 19.4 Å². The van der Waals surface area contributed by atoms with Gasteiger partial charge >= 0.3 is 0 Å². The van der Waals surface area contributed by atoms with Crippen molar-refractivity contribution in [3.05, 3.63) is 47.9 Å². The first kappa shape index (κ1) is 17.9. The first-order valence-corrected chi connectivity index (χ1v) is 7.93. The lowest BCUT2D eigenvalue weighted by atomic mass is 10.1. The number of amides is 1. The highest BCUT2D eigenvalue weighted by atomic mass is 16.5. The average molecular weight is 332 g/mol.